The third-order valence-corrected chi connectivity index (χ3v) is 5.94. The number of benzene rings is 1. The van der Waals surface area contributed by atoms with Crippen LogP contribution in [-0.2, 0) is 11.3 Å². The minimum absolute atomic E-state index is 0.351. The van der Waals surface area contributed by atoms with Crippen LogP contribution < -0.4 is 10.1 Å². The van der Waals surface area contributed by atoms with Crippen molar-refractivity contribution in [2.45, 2.75) is 26.3 Å². The minimum Gasteiger partial charge on any atom is -0.463 e. The van der Waals surface area contributed by atoms with Crippen LogP contribution in [0.15, 0.2) is 24.5 Å². The third-order valence-electron chi connectivity index (χ3n) is 5.35. The van der Waals surface area contributed by atoms with E-state index in [1.54, 1.807) is 12.4 Å². The Hall–Kier alpha value is -2.13. The molecule has 3 heterocycles. The third kappa shape index (κ3) is 5.81. The average Bonchev–Trinajstić information content (AvgIpc) is 3.19. The number of hydrogen-bond acceptors (Lipinski definition) is 7. The van der Waals surface area contributed by atoms with Crippen LogP contribution in [0.2, 0.25) is 10.0 Å². The Kier molecular flexibility index (Phi) is 8.02. The van der Waals surface area contributed by atoms with Gasteiger partial charge in [-0.2, -0.15) is 9.97 Å². The zero-order valence-electron chi connectivity index (χ0n) is 18.2. The molecule has 10 heteroatoms. The van der Waals surface area contributed by atoms with Crippen molar-refractivity contribution in [3.63, 3.8) is 0 Å². The van der Waals surface area contributed by atoms with Crippen molar-refractivity contribution in [1.82, 2.24) is 24.4 Å². The number of halogens is 2. The average molecular weight is 479 g/mol. The molecule has 0 amide bonds. The number of nitrogens with one attached hydrogen (secondary N) is 1. The van der Waals surface area contributed by atoms with Gasteiger partial charge < -0.3 is 19.4 Å². The smallest absolute Gasteiger partial charge is 0.320 e. The van der Waals surface area contributed by atoms with Crippen LogP contribution in [0.25, 0.3) is 11.2 Å². The van der Waals surface area contributed by atoms with Crippen LogP contribution in [0.5, 0.6) is 6.01 Å². The standard InChI is InChI=1S/C22H28Cl2N6O2/c1-2-3-10-32-22-27-20(25-6-7-29-8-11-31-12-9-29)19-21(28-22)30(15-26-19)14-16-4-5-17(23)13-18(16)24/h4-5,13,15H,2-3,6-12,14H2,1H3,(H,25,27,28). The summed E-state index contributed by atoms with van der Waals surface area (Å²) in [5.41, 5.74) is 2.34. The maximum atomic E-state index is 6.39. The normalized spacial score (nSPS) is 14.7. The molecule has 1 aliphatic heterocycles. The number of imidazole rings is 1. The van der Waals surface area contributed by atoms with Crippen LogP contribution in [0.1, 0.15) is 25.3 Å². The van der Waals surface area contributed by atoms with Gasteiger partial charge in [-0.25, -0.2) is 4.98 Å². The van der Waals surface area contributed by atoms with Gasteiger partial charge in [0.2, 0.25) is 0 Å². The van der Waals surface area contributed by atoms with Crippen molar-refractivity contribution >= 4 is 40.2 Å². The van der Waals surface area contributed by atoms with Crippen LogP contribution in [0.3, 0.4) is 0 Å². The quantitative estimate of drug-likeness (QED) is 0.439. The largest absolute Gasteiger partial charge is 0.463 e. The highest BCUT2D eigenvalue weighted by atomic mass is 35.5. The number of hydrogen-bond donors (Lipinski definition) is 1. The highest BCUT2D eigenvalue weighted by Crippen LogP contribution is 2.26. The van der Waals surface area contributed by atoms with Gasteiger partial charge in [-0.1, -0.05) is 42.6 Å². The first-order valence-electron chi connectivity index (χ1n) is 11.0. The molecule has 1 N–H and O–H groups in total. The highest BCUT2D eigenvalue weighted by Gasteiger charge is 2.16. The van der Waals surface area contributed by atoms with E-state index in [1.807, 2.05) is 16.7 Å². The molecule has 0 unspecified atom stereocenters. The molecule has 1 aliphatic rings. The van der Waals surface area contributed by atoms with E-state index in [9.17, 15) is 0 Å². The molecule has 1 fully saturated rings. The van der Waals surface area contributed by atoms with E-state index in [0.717, 1.165) is 57.8 Å². The Morgan fingerprint density at radius 1 is 1.19 bits per heavy atom. The maximum absolute atomic E-state index is 6.39. The number of unbranched alkanes of at least 4 members (excludes halogenated alkanes) is 1. The predicted octanol–water partition coefficient (Wildman–Crippen LogP) is 4.10. The van der Waals surface area contributed by atoms with Gasteiger partial charge in [0.15, 0.2) is 17.0 Å². The molecule has 0 saturated carbocycles. The lowest BCUT2D eigenvalue weighted by atomic mass is 10.2. The van der Waals surface area contributed by atoms with Crippen molar-refractivity contribution in [2.24, 2.45) is 0 Å². The Morgan fingerprint density at radius 2 is 2.03 bits per heavy atom. The van der Waals surface area contributed by atoms with E-state index in [4.69, 9.17) is 32.7 Å². The van der Waals surface area contributed by atoms with Crippen LogP contribution in [-0.4, -0.2) is 70.4 Å². The van der Waals surface area contributed by atoms with E-state index in [2.05, 4.69) is 32.1 Å². The Labute approximate surface area is 197 Å². The van der Waals surface area contributed by atoms with Crippen LogP contribution in [0.4, 0.5) is 5.82 Å². The summed E-state index contributed by atoms with van der Waals surface area (Å²) in [5, 5.41) is 4.64. The summed E-state index contributed by atoms with van der Waals surface area (Å²) >= 11 is 12.4. The lowest BCUT2D eigenvalue weighted by molar-refractivity contribution is 0.0398. The van der Waals surface area contributed by atoms with Gasteiger partial charge in [0.1, 0.15) is 0 Å². The number of nitrogens with zero attached hydrogens (tertiary/aromatic N) is 5. The molecule has 32 heavy (non-hydrogen) atoms. The van der Waals surface area contributed by atoms with Gasteiger partial charge in [0, 0.05) is 36.2 Å². The molecule has 0 spiro atoms. The fraction of sp³-hybridized carbons (Fsp3) is 0.500. The molecule has 3 aromatic rings. The van der Waals surface area contributed by atoms with Crippen molar-refractivity contribution < 1.29 is 9.47 Å². The molecule has 0 radical (unpaired) electrons. The molecule has 1 saturated heterocycles. The van der Waals surface area contributed by atoms with Gasteiger partial charge in [0.05, 0.1) is 32.7 Å². The summed E-state index contributed by atoms with van der Waals surface area (Å²) in [6.45, 7) is 8.33. The molecule has 172 valence electrons. The molecule has 0 aliphatic carbocycles. The van der Waals surface area contributed by atoms with E-state index < -0.39 is 0 Å². The number of morpholine rings is 1. The lowest BCUT2D eigenvalue weighted by Gasteiger charge is -2.26. The second-order valence-electron chi connectivity index (χ2n) is 7.72. The van der Waals surface area contributed by atoms with Gasteiger partial charge in [-0.3, -0.25) is 4.90 Å². The van der Waals surface area contributed by atoms with Gasteiger partial charge in [-0.15, -0.1) is 0 Å². The molecule has 0 atom stereocenters. The summed E-state index contributed by atoms with van der Waals surface area (Å²) in [6.07, 6.45) is 3.74. The van der Waals surface area contributed by atoms with Crippen LogP contribution >= 0.6 is 23.2 Å². The van der Waals surface area contributed by atoms with Gasteiger partial charge >= 0.3 is 6.01 Å². The summed E-state index contributed by atoms with van der Waals surface area (Å²) in [5.74, 6) is 0.677. The number of aromatic nitrogens is 4. The van der Waals surface area contributed by atoms with Crippen molar-refractivity contribution in [3.05, 3.63) is 40.1 Å². The predicted molar refractivity (Wildman–Crippen MR) is 127 cm³/mol. The number of rotatable bonds is 10. The molecular weight excluding hydrogens is 451 g/mol. The van der Waals surface area contributed by atoms with E-state index >= 15 is 0 Å². The molecule has 0 bridgehead atoms. The number of fused-ring (bicyclic) bond motifs is 1. The lowest BCUT2D eigenvalue weighted by Crippen LogP contribution is -2.39. The van der Waals surface area contributed by atoms with E-state index in [-0.39, 0.29) is 0 Å². The van der Waals surface area contributed by atoms with Crippen molar-refractivity contribution in [1.29, 1.82) is 0 Å². The summed E-state index contributed by atoms with van der Waals surface area (Å²) in [6, 6.07) is 5.83. The van der Waals surface area contributed by atoms with E-state index in [0.29, 0.717) is 46.2 Å². The SMILES string of the molecule is CCCCOc1nc(NCCN2CCOCC2)c2ncn(Cc3ccc(Cl)cc3Cl)c2n1. The molecule has 4 rings (SSSR count). The number of ether oxygens (including phenoxy) is 2. The summed E-state index contributed by atoms with van der Waals surface area (Å²) in [4.78, 5) is 16.2. The second kappa shape index (κ2) is 11.1. The topological polar surface area (TPSA) is 77.3 Å². The molecule has 2 aromatic heterocycles. The fourth-order valence-electron chi connectivity index (χ4n) is 3.53. The van der Waals surface area contributed by atoms with E-state index in [1.165, 1.54) is 0 Å². The van der Waals surface area contributed by atoms with Crippen LogP contribution in [0, 0.1) is 0 Å². The summed E-state index contributed by atoms with van der Waals surface area (Å²) in [7, 11) is 0. The first-order valence-corrected chi connectivity index (χ1v) is 11.7. The zero-order valence-corrected chi connectivity index (χ0v) is 19.7. The Morgan fingerprint density at radius 3 is 2.81 bits per heavy atom. The Bertz CT molecular complexity index is 1040. The zero-order chi connectivity index (χ0) is 22.3. The summed E-state index contributed by atoms with van der Waals surface area (Å²) < 4.78 is 13.2. The van der Waals surface area contributed by atoms with Gasteiger partial charge in [0.25, 0.3) is 0 Å². The fourth-order valence-corrected chi connectivity index (χ4v) is 3.99. The number of anilines is 1. The highest BCUT2D eigenvalue weighted by molar-refractivity contribution is 6.35. The van der Waals surface area contributed by atoms with Crippen molar-refractivity contribution in [2.75, 3.05) is 51.3 Å². The second-order valence-corrected chi connectivity index (χ2v) is 8.56. The maximum Gasteiger partial charge on any atom is 0.320 e. The van der Waals surface area contributed by atoms with Gasteiger partial charge in [-0.05, 0) is 24.1 Å². The minimum atomic E-state index is 0.351. The molecule has 8 nitrogen and oxygen atoms in total. The molecular formula is C22H28Cl2N6O2. The van der Waals surface area contributed by atoms with Crippen molar-refractivity contribution in [3.8, 4) is 6.01 Å². The Balaban J connectivity index is 1.56. The monoisotopic (exact) mass is 478 g/mol. The first kappa shape index (κ1) is 23.0. The molecule has 1 aromatic carbocycles. The first-order chi connectivity index (χ1) is 15.6.